The normalized spacial score (nSPS) is 12.6. The summed E-state index contributed by atoms with van der Waals surface area (Å²) in [5.74, 6) is 1.08. The number of benzene rings is 2. The van der Waals surface area contributed by atoms with Crippen molar-refractivity contribution in [2.24, 2.45) is 0 Å². The number of hydrogen-bond donors (Lipinski definition) is 1. The Morgan fingerprint density at radius 1 is 1.21 bits per heavy atom. The van der Waals surface area contributed by atoms with Gasteiger partial charge >= 0.3 is 0 Å². The number of aryl methyl sites for hydroxylation is 1. The molecule has 2 aromatic heterocycles. The first-order valence-corrected chi connectivity index (χ1v) is 9.96. The lowest BCUT2D eigenvalue weighted by molar-refractivity contribution is -0.122. The maximum absolute atomic E-state index is 13.0. The summed E-state index contributed by atoms with van der Waals surface area (Å²) < 4.78 is 13.8. The average Bonchev–Trinajstić information content (AvgIpc) is 3.34. The van der Waals surface area contributed by atoms with Crippen LogP contribution in [0.15, 0.2) is 47.3 Å². The van der Waals surface area contributed by atoms with Gasteiger partial charge in [-0.3, -0.25) is 9.59 Å². The zero-order chi connectivity index (χ0) is 20.0. The summed E-state index contributed by atoms with van der Waals surface area (Å²) in [5, 5.41) is 8.71. The number of carbonyl (C=O) groups excluding carboxylic acids is 1. The maximum Gasteiger partial charge on any atom is 0.276 e. The number of nitrogens with zero attached hydrogens (tertiary/aromatic N) is 2. The highest BCUT2D eigenvalue weighted by atomic mass is 32.1. The molecule has 0 spiro atoms. The predicted molar refractivity (Wildman–Crippen MR) is 111 cm³/mol. The lowest BCUT2D eigenvalue weighted by Crippen LogP contribution is -2.33. The fourth-order valence-electron chi connectivity index (χ4n) is 3.46. The van der Waals surface area contributed by atoms with Crippen LogP contribution in [-0.2, 0) is 17.9 Å². The van der Waals surface area contributed by atoms with E-state index in [9.17, 15) is 9.59 Å². The zero-order valence-corrected chi connectivity index (χ0v) is 16.4. The molecule has 3 heterocycles. The van der Waals surface area contributed by atoms with Crippen molar-refractivity contribution in [3.63, 3.8) is 0 Å². The third-order valence-electron chi connectivity index (χ3n) is 4.86. The molecule has 146 valence electrons. The van der Waals surface area contributed by atoms with E-state index in [1.54, 1.807) is 11.3 Å². The van der Waals surface area contributed by atoms with E-state index in [0.29, 0.717) is 23.4 Å². The molecule has 29 heavy (non-hydrogen) atoms. The van der Waals surface area contributed by atoms with Gasteiger partial charge in [-0.25, -0.2) is 4.68 Å². The van der Waals surface area contributed by atoms with E-state index in [1.807, 2.05) is 49.4 Å². The Labute approximate surface area is 169 Å². The molecule has 0 atom stereocenters. The minimum absolute atomic E-state index is 0.135. The van der Waals surface area contributed by atoms with Crippen LogP contribution >= 0.6 is 11.3 Å². The monoisotopic (exact) mass is 407 g/mol. The van der Waals surface area contributed by atoms with Crippen molar-refractivity contribution < 1.29 is 14.3 Å². The fourth-order valence-corrected chi connectivity index (χ4v) is 4.60. The Balaban J connectivity index is 1.38. The fraction of sp³-hybridized carbons (Fsp3) is 0.190. The molecular weight excluding hydrogens is 390 g/mol. The van der Waals surface area contributed by atoms with Crippen LogP contribution in [0.1, 0.15) is 11.3 Å². The highest BCUT2D eigenvalue weighted by molar-refractivity contribution is 7.26. The maximum atomic E-state index is 13.0. The molecule has 2 aromatic carbocycles. The second-order valence-electron chi connectivity index (χ2n) is 6.81. The van der Waals surface area contributed by atoms with Crippen molar-refractivity contribution in [3.8, 4) is 11.5 Å². The summed E-state index contributed by atoms with van der Waals surface area (Å²) >= 11 is 1.55. The van der Waals surface area contributed by atoms with E-state index in [0.717, 1.165) is 26.0 Å². The lowest BCUT2D eigenvalue weighted by atomic mass is 10.2. The quantitative estimate of drug-likeness (QED) is 0.562. The Hall–Kier alpha value is -3.39. The van der Waals surface area contributed by atoms with Crippen LogP contribution in [0.25, 0.3) is 20.2 Å². The number of aromatic nitrogens is 2. The first kappa shape index (κ1) is 17.7. The number of amides is 1. The average molecular weight is 407 g/mol. The van der Waals surface area contributed by atoms with Crippen LogP contribution in [0.4, 0.5) is 0 Å². The van der Waals surface area contributed by atoms with Crippen molar-refractivity contribution in [1.82, 2.24) is 15.1 Å². The van der Waals surface area contributed by atoms with E-state index in [2.05, 4.69) is 10.4 Å². The molecule has 5 rings (SSSR count). The van der Waals surface area contributed by atoms with Gasteiger partial charge in [0.1, 0.15) is 6.54 Å². The largest absolute Gasteiger partial charge is 0.454 e. The number of carbonyl (C=O) groups is 1. The van der Waals surface area contributed by atoms with Gasteiger partial charge in [0.15, 0.2) is 11.5 Å². The van der Waals surface area contributed by atoms with Gasteiger partial charge in [-0.1, -0.05) is 24.3 Å². The number of ether oxygens (including phenoxy) is 2. The standard InChI is InChI=1S/C21H17N3O4S/c1-12-20-19(14-4-2-3-5-17(14)29-20)21(26)24(23-12)10-18(25)22-9-13-6-7-15-16(8-13)28-11-27-15/h2-8H,9-11H2,1H3,(H,22,25). The molecule has 0 unspecified atom stereocenters. The summed E-state index contributed by atoms with van der Waals surface area (Å²) in [4.78, 5) is 25.4. The van der Waals surface area contributed by atoms with Crippen molar-refractivity contribution in [2.75, 3.05) is 6.79 Å². The van der Waals surface area contributed by atoms with E-state index in [-0.39, 0.29) is 24.8 Å². The Bertz CT molecular complexity index is 1320. The molecule has 0 fully saturated rings. The molecule has 1 N–H and O–H groups in total. The minimum Gasteiger partial charge on any atom is -0.454 e. The second-order valence-corrected chi connectivity index (χ2v) is 7.87. The summed E-state index contributed by atoms with van der Waals surface area (Å²) in [7, 11) is 0. The van der Waals surface area contributed by atoms with E-state index in [1.165, 1.54) is 4.68 Å². The van der Waals surface area contributed by atoms with Gasteiger partial charge in [-0.2, -0.15) is 5.10 Å². The van der Waals surface area contributed by atoms with E-state index in [4.69, 9.17) is 9.47 Å². The SMILES string of the molecule is Cc1nn(CC(=O)NCc2ccc3c(c2)OCO3)c(=O)c2c1sc1ccccc12. The molecule has 0 saturated heterocycles. The number of fused-ring (bicyclic) bond motifs is 4. The molecule has 1 aliphatic heterocycles. The second kappa shape index (κ2) is 6.89. The topological polar surface area (TPSA) is 82.5 Å². The number of nitrogens with one attached hydrogen (secondary N) is 1. The first-order chi connectivity index (χ1) is 14.1. The lowest BCUT2D eigenvalue weighted by Gasteiger charge is -2.09. The van der Waals surface area contributed by atoms with Crippen LogP contribution in [0.5, 0.6) is 11.5 Å². The molecule has 4 aromatic rings. The predicted octanol–water partition coefficient (Wildman–Crippen LogP) is 2.96. The van der Waals surface area contributed by atoms with Gasteiger partial charge < -0.3 is 14.8 Å². The summed E-state index contributed by atoms with van der Waals surface area (Å²) in [6.07, 6.45) is 0. The molecule has 1 amide bonds. The Morgan fingerprint density at radius 2 is 2.03 bits per heavy atom. The van der Waals surface area contributed by atoms with Crippen LogP contribution < -0.4 is 20.3 Å². The van der Waals surface area contributed by atoms with Gasteiger partial charge in [0.05, 0.1) is 15.8 Å². The van der Waals surface area contributed by atoms with Gasteiger partial charge in [-0.15, -0.1) is 11.3 Å². The molecule has 0 bridgehead atoms. The van der Waals surface area contributed by atoms with Gasteiger partial charge in [0, 0.05) is 16.6 Å². The number of rotatable bonds is 4. The van der Waals surface area contributed by atoms with Gasteiger partial charge in [-0.05, 0) is 30.7 Å². The van der Waals surface area contributed by atoms with Crippen LogP contribution in [-0.4, -0.2) is 22.5 Å². The molecule has 7 nitrogen and oxygen atoms in total. The van der Waals surface area contributed by atoms with Crippen LogP contribution in [0, 0.1) is 6.92 Å². The highest BCUT2D eigenvalue weighted by Gasteiger charge is 2.17. The summed E-state index contributed by atoms with van der Waals surface area (Å²) in [6.45, 7) is 2.26. The van der Waals surface area contributed by atoms with Crippen molar-refractivity contribution in [3.05, 3.63) is 64.1 Å². The third-order valence-corrected chi connectivity index (χ3v) is 6.14. The minimum atomic E-state index is -0.282. The van der Waals surface area contributed by atoms with Crippen molar-refractivity contribution >= 4 is 37.4 Å². The third kappa shape index (κ3) is 3.11. The molecule has 8 heteroatoms. The highest BCUT2D eigenvalue weighted by Crippen LogP contribution is 2.33. The van der Waals surface area contributed by atoms with Gasteiger partial charge in [0.25, 0.3) is 5.56 Å². The van der Waals surface area contributed by atoms with E-state index >= 15 is 0 Å². The smallest absolute Gasteiger partial charge is 0.276 e. The summed E-state index contributed by atoms with van der Waals surface area (Å²) in [6, 6.07) is 13.3. The number of thiophene rings is 1. The van der Waals surface area contributed by atoms with Crippen LogP contribution in [0.3, 0.4) is 0 Å². The molecule has 0 aliphatic carbocycles. The molecule has 0 saturated carbocycles. The van der Waals surface area contributed by atoms with Crippen molar-refractivity contribution in [2.45, 2.75) is 20.0 Å². The van der Waals surface area contributed by atoms with E-state index < -0.39 is 0 Å². The first-order valence-electron chi connectivity index (χ1n) is 9.14. The van der Waals surface area contributed by atoms with Crippen molar-refractivity contribution in [1.29, 1.82) is 0 Å². The number of hydrogen-bond acceptors (Lipinski definition) is 6. The Morgan fingerprint density at radius 3 is 2.93 bits per heavy atom. The van der Waals surface area contributed by atoms with Crippen LogP contribution in [0.2, 0.25) is 0 Å². The Kier molecular flexibility index (Phi) is 4.21. The molecule has 1 aliphatic rings. The molecule has 0 radical (unpaired) electrons. The van der Waals surface area contributed by atoms with Gasteiger partial charge in [0.2, 0.25) is 12.7 Å². The summed E-state index contributed by atoms with van der Waals surface area (Å²) in [5.41, 5.74) is 1.38. The molecular formula is C21H17N3O4S. The zero-order valence-electron chi connectivity index (χ0n) is 15.6.